The van der Waals surface area contributed by atoms with E-state index in [0.29, 0.717) is 36.9 Å². The van der Waals surface area contributed by atoms with Crippen molar-refractivity contribution in [2.75, 3.05) is 26.5 Å². The van der Waals surface area contributed by atoms with Crippen molar-refractivity contribution in [2.45, 2.75) is 25.4 Å². The number of fused-ring (bicyclic) bond motifs is 1. The number of nitrogens with one attached hydrogen (secondary N) is 1. The van der Waals surface area contributed by atoms with E-state index in [9.17, 15) is 9.18 Å². The Hall–Kier alpha value is -2.80. The normalized spacial score (nSPS) is 18.2. The molecule has 2 heterocycles. The van der Waals surface area contributed by atoms with Crippen LogP contribution in [0.3, 0.4) is 0 Å². The van der Waals surface area contributed by atoms with Gasteiger partial charge < -0.3 is 19.5 Å². The van der Waals surface area contributed by atoms with Gasteiger partial charge in [0.2, 0.25) is 12.7 Å². The van der Waals surface area contributed by atoms with Gasteiger partial charge in [0.05, 0.1) is 12.6 Å². The van der Waals surface area contributed by atoms with Gasteiger partial charge in [-0.3, -0.25) is 9.69 Å². The van der Waals surface area contributed by atoms with Crippen LogP contribution in [0, 0.1) is 5.82 Å². The van der Waals surface area contributed by atoms with Gasteiger partial charge in [0.15, 0.2) is 11.5 Å². The van der Waals surface area contributed by atoms with Gasteiger partial charge in [0, 0.05) is 12.6 Å². The molecule has 0 unspecified atom stereocenters. The molecular formula is C21H23FN2O4. The van der Waals surface area contributed by atoms with Gasteiger partial charge >= 0.3 is 0 Å². The van der Waals surface area contributed by atoms with Crippen molar-refractivity contribution in [1.82, 2.24) is 10.2 Å². The zero-order valence-corrected chi connectivity index (χ0v) is 15.5. The number of halogens is 1. The zero-order valence-electron chi connectivity index (χ0n) is 15.5. The molecule has 2 aromatic rings. The third-order valence-corrected chi connectivity index (χ3v) is 4.98. The van der Waals surface area contributed by atoms with Crippen LogP contribution in [-0.4, -0.2) is 43.3 Å². The molecule has 28 heavy (non-hydrogen) atoms. The number of carbonyl (C=O) groups excluding carboxylic acids is 1. The van der Waals surface area contributed by atoms with Crippen LogP contribution in [-0.2, 0) is 11.3 Å². The molecule has 2 aromatic carbocycles. The van der Waals surface area contributed by atoms with E-state index in [0.717, 1.165) is 24.9 Å². The number of rotatable bonds is 7. The van der Waals surface area contributed by atoms with Crippen LogP contribution in [0.15, 0.2) is 42.5 Å². The average Bonchev–Trinajstić information content (AvgIpc) is 3.35. The molecule has 1 N–H and O–H groups in total. The maximum atomic E-state index is 13.1. The number of ether oxygens (including phenoxy) is 3. The van der Waals surface area contributed by atoms with Crippen molar-refractivity contribution >= 4 is 5.91 Å². The van der Waals surface area contributed by atoms with Crippen LogP contribution >= 0.6 is 0 Å². The highest BCUT2D eigenvalue weighted by molar-refractivity contribution is 5.82. The second-order valence-electron chi connectivity index (χ2n) is 6.91. The first-order chi connectivity index (χ1) is 13.7. The Morgan fingerprint density at radius 3 is 2.86 bits per heavy atom. The number of hydrogen-bond donors (Lipinski definition) is 1. The van der Waals surface area contributed by atoms with Crippen molar-refractivity contribution in [1.29, 1.82) is 0 Å². The Morgan fingerprint density at radius 2 is 2.00 bits per heavy atom. The molecule has 1 fully saturated rings. The Kier molecular flexibility index (Phi) is 5.62. The Morgan fingerprint density at radius 1 is 1.18 bits per heavy atom. The lowest BCUT2D eigenvalue weighted by molar-refractivity contribution is -0.125. The van der Waals surface area contributed by atoms with Gasteiger partial charge in [-0.25, -0.2) is 4.39 Å². The molecular weight excluding hydrogens is 363 g/mol. The lowest BCUT2D eigenvalue weighted by atomic mass is 10.1. The molecule has 1 amide bonds. The van der Waals surface area contributed by atoms with Crippen molar-refractivity contribution in [3.8, 4) is 17.2 Å². The second-order valence-corrected chi connectivity index (χ2v) is 6.91. The molecule has 1 saturated heterocycles. The van der Waals surface area contributed by atoms with Gasteiger partial charge in [-0.2, -0.15) is 0 Å². The molecule has 1 atom stereocenters. The summed E-state index contributed by atoms with van der Waals surface area (Å²) in [5, 5.41) is 2.95. The number of nitrogens with zero attached hydrogens (tertiary/aromatic N) is 1. The quantitative estimate of drug-likeness (QED) is 0.742. The first kappa shape index (κ1) is 18.6. The fourth-order valence-electron chi connectivity index (χ4n) is 3.56. The van der Waals surface area contributed by atoms with Gasteiger partial charge in [-0.15, -0.1) is 0 Å². The molecule has 0 radical (unpaired) electrons. The average molecular weight is 386 g/mol. The van der Waals surface area contributed by atoms with Gasteiger partial charge in [0.1, 0.15) is 18.2 Å². The minimum absolute atomic E-state index is 0.00824. The minimum Gasteiger partial charge on any atom is -0.492 e. The molecule has 0 aliphatic carbocycles. The Labute approximate surface area is 163 Å². The van der Waals surface area contributed by atoms with Crippen molar-refractivity contribution in [3.05, 3.63) is 53.8 Å². The van der Waals surface area contributed by atoms with Crippen LogP contribution in [0.25, 0.3) is 0 Å². The molecule has 6 nitrogen and oxygen atoms in total. The van der Waals surface area contributed by atoms with Crippen molar-refractivity contribution in [3.63, 3.8) is 0 Å². The lowest BCUT2D eigenvalue weighted by Gasteiger charge is -2.23. The van der Waals surface area contributed by atoms with E-state index in [-0.39, 0.29) is 24.6 Å². The fraction of sp³-hybridized carbons (Fsp3) is 0.381. The maximum Gasteiger partial charge on any atom is 0.237 e. The third kappa shape index (κ3) is 4.36. The van der Waals surface area contributed by atoms with Crippen LogP contribution in [0.2, 0.25) is 0 Å². The predicted octanol–water partition coefficient (Wildman–Crippen LogP) is 2.71. The van der Waals surface area contributed by atoms with E-state index in [4.69, 9.17) is 14.2 Å². The van der Waals surface area contributed by atoms with E-state index in [1.165, 1.54) is 12.1 Å². The summed E-state index contributed by atoms with van der Waals surface area (Å²) in [6.07, 6.45) is 1.81. The van der Waals surface area contributed by atoms with E-state index >= 15 is 0 Å². The van der Waals surface area contributed by atoms with Crippen LogP contribution in [0.1, 0.15) is 18.4 Å². The van der Waals surface area contributed by atoms with Crippen LogP contribution in [0.5, 0.6) is 17.2 Å². The summed E-state index contributed by atoms with van der Waals surface area (Å²) < 4.78 is 29.3. The number of amides is 1. The number of likely N-dealkylation sites (tertiary alicyclic amines) is 1. The van der Waals surface area contributed by atoms with Crippen molar-refractivity contribution in [2.24, 2.45) is 0 Å². The first-order valence-electron chi connectivity index (χ1n) is 9.48. The lowest BCUT2D eigenvalue weighted by Crippen LogP contribution is -2.44. The summed E-state index contributed by atoms with van der Waals surface area (Å²) in [6, 6.07) is 11.7. The van der Waals surface area contributed by atoms with E-state index < -0.39 is 0 Å². The molecule has 0 spiro atoms. The fourth-order valence-corrected chi connectivity index (χ4v) is 3.56. The Balaban J connectivity index is 1.23. The molecule has 2 aliphatic rings. The largest absolute Gasteiger partial charge is 0.492 e. The SMILES string of the molecule is O=C(NCCOc1ccc2c(c1)OCO2)[C@@H]1CCCN1Cc1ccc(F)cc1. The summed E-state index contributed by atoms with van der Waals surface area (Å²) in [4.78, 5) is 14.7. The monoisotopic (exact) mass is 386 g/mol. The smallest absolute Gasteiger partial charge is 0.237 e. The first-order valence-corrected chi connectivity index (χ1v) is 9.48. The summed E-state index contributed by atoms with van der Waals surface area (Å²) in [7, 11) is 0. The molecule has 0 aromatic heterocycles. The van der Waals surface area contributed by atoms with Gasteiger partial charge in [0.25, 0.3) is 0 Å². The highest BCUT2D eigenvalue weighted by Gasteiger charge is 2.30. The maximum absolute atomic E-state index is 13.1. The van der Waals surface area contributed by atoms with E-state index in [1.54, 1.807) is 18.2 Å². The minimum atomic E-state index is -0.248. The summed E-state index contributed by atoms with van der Waals surface area (Å²) in [6.45, 7) is 2.53. The van der Waals surface area contributed by atoms with E-state index in [2.05, 4.69) is 10.2 Å². The number of hydrogen-bond acceptors (Lipinski definition) is 5. The number of benzene rings is 2. The summed E-state index contributed by atoms with van der Waals surface area (Å²) in [5.41, 5.74) is 1.01. The molecule has 4 rings (SSSR count). The highest BCUT2D eigenvalue weighted by Crippen LogP contribution is 2.35. The predicted molar refractivity (Wildman–Crippen MR) is 101 cm³/mol. The standard InChI is InChI=1S/C21H23FN2O4/c22-16-5-3-15(4-6-16)13-24-10-1-2-18(24)21(25)23-9-11-26-17-7-8-19-20(12-17)28-14-27-19/h3-8,12,18H,1-2,9-11,13-14H2,(H,23,25)/t18-/m0/s1. The second kappa shape index (κ2) is 8.48. The van der Waals surface area contributed by atoms with Crippen LogP contribution < -0.4 is 19.5 Å². The van der Waals surface area contributed by atoms with Gasteiger partial charge in [-0.1, -0.05) is 12.1 Å². The summed E-state index contributed by atoms with van der Waals surface area (Å²) >= 11 is 0. The molecule has 148 valence electrons. The Bertz CT molecular complexity index is 828. The molecule has 2 aliphatic heterocycles. The molecule has 0 bridgehead atoms. The van der Waals surface area contributed by atoms with Crippen molar-refractivity contribution < 1.29 is 23.4 Å². The zero-order chi connectivity index (χ0) is 19.3. The topological polar surface area (TPSA) is 60.0 Å². The number of carbonyl (C=O) groups is 1. The molecule has 0 saturated carbocycles. The summed E-state index contributed by atoms with van der Waals surface area (Å²) in [5.74, 6) is 1.82. The highest BCUT2D eigenvalue weighted by atomic mass is 19.1. The van der Waals surface area contributed by atoms with Crippen LogP contribution in [0.4, 0.5) is 4.39 Å². The molecule has 7 heteroatoms. The third-order valence-electron chi connectivity index (χ3n) is 4.98. The van der Waals surface area contributed by atoms with E-state index in [1.807, 2.05) is 12.1 Å². The van der Waals surface area contributed by atoms with Gasteiger partial charge in [-0.05, 0) is 49.2 Å².